The van der Waals surface area contributed by atoms with Crippen molar-refractivity contribution in [3.05, 3.63) is 3.95 Å². The van der Waals surface area contributed by atoms with Gasteiger partial charge in [-0.1, -0.05) is 23.1 Å². The predicted molar refractivity (Wildman–Crippen MR) is 70.9 cm³/mol. The van der Waals surface area contributed by atoms with Crippen LogP contribution in [-0.2, 0) is 9.59 Å². The quantitative estimate of drug-likeness (QED) is 0.860. The Morgan fingerprint density at radius 2 is 2.53 bits per heavy atom. The molecule has 0 spiro atoms. The summed E-state index contributed by atoms with van der Waals surface area (Å²) in [5.74, 6) is 0.957. The van der Waals surface area contributed by atoms with E-state index in [4.69, 9.17) is 12.2 Å². The van der Waals surface area contributed by atoms with Crippen LogP contribution in [0.1, 0.15) is 13.3 Å². The number of carbonyl (C=O) groups is 2. The monoisotopic (exact) mass is 289 g/mol. The van der Waals surface area contributed by atoms with Crippen LogP contribution in [0.5, 0.6) is 0 Å². The number of amides is 1. The average molecular weight is 289 g/mol. The van der Waals surface area contributed by atoms with E-state index in [-0.39, 0.29) is 16.9 Å². The van der Waals surface area contributed by atoms with Gasteiger partial charge in [-0.15, -0.1) is 5.10 Å². The van der Waals surface area contributed by atoms with Gasteiger partial charge in [0.25, 0.3) is 0 Å². The largest absolute Gasteiger partial charge is 0.288 e. The number of hydrogen-bond donors (Lipinski definition) is 1. The third-order valence-electron chi connectivity index (χ3n) is 2.39. The van der Waals surface area contributed by atoms with E-state index >= 15 is 0 Å². The normalized spacial score (nSPS) is 19.9. The van der Waals surface area contributed by atoms with Gasteiger partial charge in [0, 0.05) is 25.6 Å². The number of aromatic nitrogens is 2. The maximum Gasteiger partial charge on any atom is 0.229 e. The topological polar surface area (TPSA) is 66.1 Å². The van der Waals surface area contributed by atoms with E-state index in [1.807, 2.05) is 0 Å². The van der Waals surface area contributed by atoms with E-state index in [0.717, 1.165) is 0 Å². The van der Waals surface area contributed by atoms with Gasteiger partial charge in [0.2, 0.25) is 11.0 Å². The second-order valence-corrected chi connectivity index (χ2v) is 6.61. The van der Waals surface area contributed by atoms with E-state index in [9.17, 15) is 9.59 Å². The molecule has 1 aliphatic heterocycles. The van der Waals surface area contributed by atoms with Gasteiger partial charge in [0.1, 0.15) is 0 Å². The van der Waals surface area contributed by atoms with Gasteiger partial charge in [0.05, 0.1) is 0 Å². The zero-order valence-electron chi connectivity index (χ0n) is 9.13. The Labute approximate surface area is 112 Å². The second-order valence-electron chi connectivity index (χ2n) is 3.77. The lowest BCUT2D eigenvalue weighted by Gasteiger charge is -2.11. The van der Waals surface area contributed by atoms with Gasteiger partial charge in [-0.05, 0) is 18.1 Å². The average Bonchev–Trinajstić information content (AvgIpc) is 2.82. The van der Waals surface area contributed by atoms with E-state index in [1.54, 1.807) is 11.8 Å². The molecular formula is C9H11N3O2S3. The van der Waals surface area contributed by atoms with Crippen LogP contribution in [-0.4, -0.2) is 33.5 Å². The Morgan fingerprint density at radius 3 is 3.12 bits per heavy atom. The zero-order valence-corrected chi connectivity index (χ0v) is 11.6. The molecule has 0 radical (unpaired) electrons. The molecule has 5 nitrogen and oxygen atoms in total. The number of anilines is 1. The van der Waals surface area contributed by atoms with E-state index in [2.05, 4.69) is 10.2 Å². The fourth-order valence-corrected chi connectivity index (χ4v) is 3.25. The van der Waals surface area contributed by atoms with Crippen molar-refractivity contribution in [3.8, 4) is 0 Å². The van der Waals surface area contributed by atoms with Crippen molar-refractivity contribution in [1.29, 1.82) is 0 Å². The number of thioether (sulfide) groups is 1. The van der Waals surface area contributed by atoms with Gasteiger partial charge in [-0.25, -0.2) is 0 Å². The Balaban J connectivity index is 2.00. The Kier molecular flexibility index (Phi) is 3.95. The number of nitrogens with zero attached hydrogens (tertiary/aromatic N) is 2. The predicted octanol–water partition coefficient (Wildman–Crippen LogP) is 1.83. The molecule has 0 aliphatic carbocycles. The second kappa shape index (κ2) is 5.28. The highest BCUT2D eigenvalue weighted by Crippen LogP contribution is 2.28. The molecular weight excluding hydrogens is 278 g/mol. The van der Waals surface area contributed by atoms with E-state index in [0.29, 0.717) is 27.8 Å². The third-order valence-corrected chi connectivity index (χ3v) is 4.54. The standard InChI is InChI=1S/C9H11N3O2S3/c1-5(13)16-4-6-2-7(14)12(3-6)8-10-11-9(15)17-8/h6H,2-4H2,1H3,(H,11,15). The van der Waals surface area contributed by atoms with Crippen LogP contribution in [0.4, 0.5) is 5.13 Å². The summed E-state index contributed by atoms with van der Waals surface area (Å²) in [4.78, 5) is 24.3. The molecule has 2 rings (SSSR count). The SMILES string of the molecule is CC(=O)SCC1CC(=O)N(c2n[nH]c(=S)s2)C1. The molecule has 1 fully saturated rings. The lowest BCUT2D eigenvalue weighted by molar-refractivity contribution is -0.117. The van der Waals surface area contributed by atoms with Crippen LogP contribution in [0.3, 0.4) is 0 Å². The molecule has 8 heteroatoms. The third kappa shape index (κ3) is 3.14. The van der Waals surface area contributed by atoms with Gasteiger partial charge in [-0.3, -0.25) is 19.6 Å². The van der Waals surface area contributed by atoms with Gasteiger partial charge < -0.3 is 0 Å². The molecule has 1 aliphatic rings. The fraction of sp³-hybridized carbons (Fsp3) is 0.556. The highest BCUT2D eigenvalue weighted by atomic mass is 32.2. The molecule has 2 heterocycles. The van der Waals surface area contributed by atoms with Crippen molar-refractivity contribution in [3.63, 3.8) is 0 Å². The highest BCUT2D eigenvalue weighted by Gasteiger charge is 2.32. The summed E-state index contributed by atoms with van der Waals surface area (Å²) in [5, 5.41) is 7.37. The Bertz CT molecular complexity index is 496. The first-order chi connectivity index (χ1) is 8.06. The van der Waals surface area contributed by atoms with Crippen molar-refractivity contribution in [1.82, 2.24) is 10.2 Å². The number of H-pyrrole nitrogens is 1. The van der Waals surface area contributed by atoms with Crippen molar-refractivity contribution in [2.75, 3.05) is 17.2 Å². The molecule has 92 valence electrons. The molecule has 0 bridgehead atoms. The molecule has 0 saturated carbocycles. The summed E-state index contributed by atoms with van der Waals surface area (Å²) < 4.78 is 0.564. The molecule has 1 aromatic heterocycles. The molecule has 17 heavy (non-hydrogen) atoms. The Hall–Kier alpha value is -0.730. The Morgan fingerprint density at radius 1 is 1.76 bits per heavy atom. The van der Waals surface area contributed by atoms with Gasteiger partial charge in [0.15, 0.2) is 9.07 Å². The van der Waals surface area contributed by atoms with Crippen LogP contribution >= 0.6 is 35.3 Å². The van der Waals surface area contributed by atoms with Crippen LogP contribution in [0, 0.1) is 9.87 Å². The van der Waals surface area contributed by atoms with Crippen molar-refractivity contribution in [2.45, 2.75) is 13.3 Å². The molecule has 0 aromatic carbocycles. The lowest BCUT2D eigenvalue weighted by atomic mass is 10.1. The molecule has 1 atom stereocenters. The van der Waals surface area contributed by atoms with Crippen LogP contribution < -0.4 is 4.90 Å². The van der Waals surface area contributed by atoms with Crippen molar-refractivity contribution in [2.24, 2.45) is 5.92 Å². The minimum absolute atomic E-state index is 0.0527. The number of nitrogens with one attached hydrogen (secondary N) is 1. The smallest absolute Gasteiger partial charge is 0.229 e. The number of hydrogen-bond acceptors (Lipinski definition) is 6. The molecule has 1 unspecified atom stereocenters. The number of aromatic amines is 1. The summed E-state index contributed by atoms with van der Waals surface area (Å²) in [6.07, 6.45) is 0.479. The molecule has 1 aromatic rings. The minimum Gasteiger partial charge on any atom is -0.288 e. The highest BCUT2D eigenvalue weighted by molar-refractivity contribution is 8.13. The van der Waals surface area contributed by atoms with Crippen molar-refractivity contribution >= 4 is 51.5 Å². The zero-order chi connectivity index (χ0) is 12.4. The fourth-order valence-electron chi connectivity index (χ4n) is 1.65. The van der Waals surface area contributed by atoms with Crippen molar-refractivity contribution < 1.29 is 9.59 Å². The maximum atomic E-state index is 11.8. The first kappa shape index (κ1) is 12.7. The molecule has 1 amide bonds. The maximum absolute atomic E-state index is 11.8. The molecule has 1 N–H and O–H groups in total. The lowest BCUT2D eigenvalue weighted by Crippen LogP contribution is -2.24. The number of rotatable bonds is 3. The van der Waals surface area contributed by atoms with Crippen LogP contribution in [0.2, 0.25) is 0 Å². The first-order valence-electron chi connectivity index (χ1n) is 5.05. The summed E-state index contributed by atoms with van der Waals surface area (Å²) in [7, 11) is 0. The van der Waals surface area contributed by atoms with E-state index < -0.39 is 0 Å². The van der Waals surface area contributed by atoms with Gasteiger partial charge in [-0.2, -0.15) is 0 Å². The first-order valence-corrected chi connectivity index (χ1v) is 7.26. The molecule has 1 saturated heterocycles. The van der Waals surface area contributed by atoms with Crippen LogP contribution in [0.25, 0.3) is 0 Å². The van der Waals surface area contributed by atoms with Gasteiger partial charge >= 0.3 is 0 Å². The number of carbonyl (C=O) groups excluding carboxylic acids is 2. The summed E-state index contributed by atoms with van der Waals surface area (Å²) >= 11 is 7.50. The van der Waals surface area contributed by atoms with E-state index in [1.165, 1.54) is 23.1 Å². The minimum atomic E-state index is 0.0527. The summed E-state index contributed by atoms with van der Waals surface area (Å²) in [5.41, 5.74) is 0. The summed E-state index contributed by atoms with van der Waals surface area (Å²) in [6.45, 7) is 2.16. The summed E-state index contributed by atoms with van der Waals surface area (Å²) in [6, 6.07) is 0. The van der Waals surface area contributed by atoms with Crippen LogP contribution in [0.15, 0.2) is 0 Å².